The van der Waals surface area contributed by atoms with Crippen LogP contribution < -0.4 is 5.32 Å². The van der Waals surface area contributed by atoms with Gasteiger partial charge in [0, 0.05) is 20.0 Å². The molecule has 6 nitrogen and oxygen atoms in total. The quantitative estimate of drug-likeness (QED) is 0.376. The lowest BCUT2D eigenvalue weighted by molar-refractivity contribution is -0.222. The van der Waals surface area contributed by atoms with Crippen LogP contribution in [0.1, 0.15) is 25.0 Å². The van der Waals surface area contributed by atoms with Gasteiger partial charge in [-0.1, -0.05) is 6.07 Å². The summed E-state index contributed by atoms with van der Waals surface area (Å²) in [5.74, 6) is -2.76. The molecule has 0 unspecified atom stereocenters. The number of carbonyl (C=O) groups excluding carboxylic acids is 2. The summed E-state index contributed by atoms with van der Waals surface area (Å²) in [6, 6.07) is 3.52. The number of anilines is 1. The van der Waals surface area contributed by atoms with E-state index < -0.39 is 17.7 Å². The first kappa shape index (κ1) is 14.9. The Kier molecular flexibility index (Phi) is 3.63. The number of esters is 2. The van der Waals surface area contributed by atoms with Crippen molar-refractivity contribution in [2.45, 2.75) is 33.5 Å². The molecule has 2 rings (SSSR count). The predicted molar refractivity (Wildman–Crippen MR) is 75.5 cm³/mol. The van der Waals surface area contributed by atoms with Crippen molar-refractivity contribution in [1.82, 2.24) is 0 Å². The summed E-state index contributed by atoms with van der Waals surface area (Å²) in [5.41, 5.74) is 1.75. The fourth-order valence-corrected chi connectivity index (χ4v) is 2.00. The molecule has 0 aromatic heterocycles. The maximum absolute atomic E-state index is 11.8. The first-order valence-electron chi connectivity index (χ1n) is 6.43. The summed E-state index contributed by atoms with van der Waals surface area (Å²) >= 11 is 0. The number of phenols is 1. The zero-order valence-electron chi connectivity index (χ0n) is 12.3. The van der Waals surface area contributed by atoms with Gasteiger partial charge in [-0.15, -0.1) is 0 Å². The summed E-state index contributed by atoms with van der Waals surface area (Å²) in [4.78, 5) is 23.5. The number of hydrogen-bond acceptors (Lipinski definition) is 6. The Morgan fingerprint density at radius 2 is 1.71 bits per heavy atom. The second kappa shape index (κ2) is 5.12. The number of benzene rings is 1. The Bertz CT molecular complexity index is 624. The van der Waals surface area contributed by atoms with Crippen molar-refractivity contribution in [2.24, 2.45) is 0 Å². The minimum atomic E-state index is -1.27. The van der Waals surface area contributed by atoms with Crippen LogP contribution in [-0.2, 0) is 19.1 Å². The second-order valence-electron chi connectivity index (χ2n) is 5.36. The van der Waals surface area contributed by atoms with Crippen LogP contribution in [0.5, 0.6) is 5.75 Å². The summed E-state index contributed by atoms with van der Waals surface area (Å²) in [5, 5.41) is 12.7. The van der Waals surface area contributed by atoms with Crippen LogP contribution in [0.3, 0.4) is 0 Å². The van der Waals surface area contributed by atoms with Crippen molar-refractivity contribution in [3.8, 4) is 5.75 Å². The zero-order valence-corrected chi connectivity index (χ0v) is 12.3. The molecule has 0 atom stereocenters. The number of rotatable bonds is 2. The molecule has 1 aliphatic heterocycles. The van der Waals surface area contributed by atoms with Crippen LogP contribution in [0.15, 0.2) is 23.9 Å². The van der Waals surface area contributed by atoms with Crippen molar-refractivity contribution in [1.29, 1.82) is 0 Å². The smallest absolute Gasteiger partial charge is 0.350 e. The van der Waals surface area contributed by atoms with E-state index in [1.807, 2.05) is 13.0 Å². The van der Waals surface area contributed by atoms with Gasteiger partial charge in [-0.2, -0.15) is 0 Å². The third kappa shape index (κ3) is 3.16. The van der Waals surface area contributed by atoms with Gasteiger partial charge >= 0.3 is 11.9 Å². The van der Waals surface area contributed by atoms with Gasteiger partial charge in [0.15, 0.2) is 5.57 Å². The Balaban J connectivity index is 2.26. The molecule has 1 fully saturated rings. The minimum Gasteiger partial charge on any atom is -0.505 e. The molecule has 0 saturated carbocycles. The highest BCUT2D eigenvalue weighted by molar-refractivity contribution is 6.15. The molecule has 0 aliphatic carbocycles. The number of ether oxygens (including phenoxy) is 2. The van der Waals surface area contributed by atoms with Crippen LogP contribution in [0.4, 0.5) is 5.69 Å². The number of cyclic esters (lactones) is 2. The standard InChI is InChI=1S/C15H17NO5/c1-8-5-9(2)12(17)11(6-8)16-7-10-13(18)20-15(3,4)21-14(10)19/h5-7,16-17H,1-4H3. The molecule has 2 N–H and O–H groups in total. The van der Waals surface area contributed by atoms with Gasteiger partial charge < -0.3 is 19.9 Å². The molecule has 1 aromatic rings. The number of aromatic hydroxyl groups is 1. The molecule has 1 heterocycles. The first-order chi connectivity index (χ1) is 9.69. The maximum Gasteiger partial charge on any atom is 0.350 e. The molecular weight excluding hydrogens is 274 g/mol. The summed E-state index contributed by atoms with van der Waals surface area (Å²) in [6.07, 6.45) is 1.17. The number of aryl methyl sites for hydroxylation is 2. The van der Waals surface area contributed by atoms with E-state index >= 15 is 0 Å². The van der Waals surface area contributed by atoms with Crippen molar-refractivity contribution in [2.75, 3.05) is 5.32 Å². The van der Waals surface area contributed by atoms with E-state index in [1.165, 1.54) is 20.0 Å². The lowest BCUT2D eigenvalue weighted by Gasteiger charge is -2.29. The van der Waals surface area contributed by atoms with Crippen LogP contribution in [-0.4, -0.2) is 22.8 Å². The Hall–Kier alpha value is -2.50. The number of carbonyl (C=O) groups is 2. The number of nitrogens with one attached hydrogen (secondary N) is 1. The summed E-state index contributed by atoms with van der Waals surface area (Å²) < 4.78 is 9.94. The van der Waals surface area contributed by atoms with Crippen LogP contribution in [0.2, 0.25) is 0 Å². The summed E-state index contributed by atoms with van der Waals surface area (Å²) in [7, 11) is 0. The largest absolute Gasteiger partial charge is 0.505 e. The maximum atomic E-state index is 11.8. The highest BCUT2D eigenvalue weighted by atomic mass is 16.7. The van der Waals surface area contributed by atoms with Gasteiger partial charge in [0.2, 0.25) is 0 Å². The van der Waals surface area contributed by atoms with Crippen molar-refractivity contribution in [3.05, 3.63) is 35.0 Å². The third-order valence-electron chi connectivity index (χ3n) is 2.93. The summed E-state index contributed by atoms with van der Waals surface area (Å²) in [6.45, 7) is 6.58. The molecule has 0 radical (unpaired) electrons. The predicted octanol–water partition coefficient (Wildman–Crippen LogP) is 2.14. The van der Waals surface area contributed by atoms with Gasteiger partial charge in [-0.3, -0.25) is 0 Å². The Morgan fingerprint density at radius 3 is 2.29 bits per heavy atom. The monoisotopic (exact) mass is 291 g/mol. The van der Waals surface area contributed by atoms with Crippen molar-refractivity contribution < 1.29 is 24.2 Å². The molecule has 1 saturated heterocycles. The van der Waals surface area contributed by atoms with E-state index in [2.05, 4.69) is 5.32 Å². The molecular formula is C15H17NO5. The van der Waals surface area contributed by atoms with E-state index in [0.717, 1.165) is 5.56 Å². The van der Waals surface area contributed by atoms with Gasteiger partial charge in [0.25, 0.3) is 5.79 Å². The normalized spacial score (nSPS) is 17.0. The fourth-order valence-electron chi connectivity index (χ4n) is 2.00. The van der Waals surface area contributed by atoms with E-state index in [1.54, 1.807) is 13.0 Å². The van der Waals surface area contributed by atoms with E-state index in [4.69, 9.17) is 9.47 Å². The molecule has 112 valence electrons. The lowest BCUT2D eigenvalue weighted by atomic mass is 10.1. The first-order valence-corrected chi connectivity index (χ1v) is 6.43. The highest BCUT2D eigenvalue weighted by Gasteiger charge is 2.38. The topological polar surface area (TPSA) is 84.9 Å². The van der Waals surface area contributed by atoms with E-state index in [9.17, 15) is 14.7 Å². The molecule has 0 spiro atoms. The van der Waals surface area contributed by atoms with E-state index in [-0.39, 0.29) is 11.3 Å². The van der Waals surface area contributed by atoms with Gasteiger partial charge in [0.1, 0.15) is 5.75 Å². The molecule has 0 amide bonds. The number of hydrogen-bond donors (Lipinski definition) is 2. The van der Waals surface area contributed by atoms with Gasteiger partial charge in [0.05, 0.1) is 5.69 Å². The molecule has 6 heteroatoms. The molecule has 0 bridgehead atoms. The van der Waals surface area contributed by atoms with Crippen LogP contribution in [0, 0.1) is 13.8 Å². The zero-order chi connectivity index (χ0) is 15.8. The van der Waals surface area contributed by atoms with Gasteiger partial charge in [-0.05, 0) is 31.0 Å². The average Bonchev–Trinajstić information content (AvgIpc) is 2.32. The van der Waals surface area contributed by atoms with Gasteiger partial charge in [-0.25, -0.2) is 9.59 Å². The molecule has 21 heavy (non-hydrogen) atoms. The Labute approximate surface area is 122 Å². The third-order valence-corrected chi connectivity index (χ3v) is 2.93. The lowest BCUT2D eigenvalue weighted by Crippen LogP contribution is -2.42. The minimum absolute atomic E-state index is 0.0512. The van der Waals surface area contributed by atoms with Crippen molar-refractivity contribution in [3.63, 3.8) is 0 Å². The Morgan fingerprint density at radius 1 is 1.14 bits per heavy atom. The number of phenolic OH excluding ortho intramolecular Hbond substituents is 1. The van der Waals surface area contributed by atoms with Crippen LogP contribution >= 0.6 is 0 Å². The molecule has 1 aromatic carbocycles. The highest BCUT2D eigenvalue weighted by Crippen LogP contribution is 2.29. The second-order valence-corrected chi connectivity index (χ2v) is 5.36. The van der Waals surface area contributed by atoms with Crippen LogP contribution in [0.25, 0.3) is 0 Å². The SMILES string of the molecule is Cc1cc(C)c(O)c(NC=C2C(=O)OC(C)(C)OC2=O)c1. The fraction of sp³-hybridized carbons (Fsp3) is 0.333. The van der Waals surface area contributed by atoms with Crippen molar-refractivity contribution >= 4 is 17.6 Å². The van der Waals surface area contributed by atoms with E-state index in [0.29, 0.717) is 11.3 Å². The molecule has 1 aliphatic rings. The average molecular weight is 291 g/mol.